The maximum Gasteiger partial charge on any atom is 0.318 e. The molecule has 0 aliphatic rings. The first-order chi connectivity index (χ1) is 13.2. The van der Waals surface area contributed by atoms with Crippen molar-refractivity contribution in [1.29, 1.82) is 0 Å². The lowest BCUT2D eigenvalue weighted by atomic mass is 10.1. The van der Waals surface area contributed by atoms with E-state index >= 15 is 0 Å². The number of hydrogen-bond donors (Lipinski definition) is 1. The van der Waals surface area contributed by atoms with Gasteiger partial charge in [0.1, 0.15) is 17.9 Å². The molecular formula is C21H21N3O3. The topological polar surface area (TPSA) is 73.3 Å². The Morgan fingerprint density at radius 1 is 1.00 bits per heavy atom. The molecule has 0 aliphatic carbocycles. The van der Waals surface area contributed by atoms with Gasteiger partial charge in [0.05, 0.1) is 19.9 Å². The first-order valence-electron chi connectivity index (χ1n) is 8.57. The van der Waals surface area contributed by atoms with Crippen LogP contribution in [-0.2, 0) is 6.42 Å². The molecule has 0 radical (unpaired) electrons. The number of anilines is 1. The number of aldehydes is 1. The second-order valence-electron chi connectivity index (χ2n) is 5.89. The third-order valence-corrected chi connectivity index (χ3v) is 4.09. The molecule has 1 aromatic heterocycles. The summed E-state index contributed by atoms with van der Waals surface area (Å²) in [6, 6.07) is 17.4. The normalized spacial score (nSPS) is 10.3. The van der Waals surface area contributed by atoms with Crippen molar-refractivity contribution >= 4 is 12.1 Å². The number of ether oxygens (including phenoxy) is 2. The Balaban J connectivity index is 1.73. The highest BCUT2D eigenvalue weighted by atomic mass is 16.5. The smallest absolute Gasteiger partial charge is 0.318 e. The average molecular weight is 363 g/mol. The maximum atomic E-state index is 11.0. The van der Waals surface area contributed by atoms with Gasteiger partial charge in [0.2, 0.25) is 0 Å². The summed E-state index contributed by atoms with van der Waals surface area (Å²) < 4.78 is 10.4. The van der Waals surface area contributed by atoms with E-state index in [-0.39, 0.29) is 6.01 Å². The fourth-order valence-corrected chi connectivity index (χ4v) is 2.65. The van der Waals surface area contributed by atoms with E-state index in [9.17, 15) is 4.79 Å². The predicted octanol–water partition coefficient (Wildman–Crippen LogP) is 3.63. The molecule has 0 saturated carbocycles. The van der Waals surface area contributed by atoms with Gasteiger partial charge in [-0.15, -0.1) is 0 Å². The second-order valence-corrected chi connectivity index (χ2v) is 5.89. The Kier molecular flexibility index (Phi) is 5.99. The summed E-state index contributed by atoms with van der Waals surface area (Å²) in [6.45, 7) is 0.709. The van der Waals surface area contributed by atoms with E-state index in [1.807, 2.05) is 42.5 Å². The summed E-state index contributed by atoms with van der Waals surface area (Å²) in [6.07, 6.45) is 1.65. The molecule has 6 nitrogen and oxygen atoms in total. The minimum Gasteiger partial charge on any atom is -0.497 e. The van der Waals surface area contributed by atoms with Crippen LogP contribution in [0.3, 0.4) is 0 Å². The minimum atomic E-state index is 0.274. The Morgan fingerprint density at radius 2 is 1.81 bits per heavy atom. The standard InChI is InChI=1S/C21H21N3O3/c1-26-18-8-6-15(7-9-18)10-11-22-20-13-19(23-21(24-20)27-2)17-5-3-4-16(12-17)14-25/h3-9,12-14H,10-11H2,1-2H3,(H,22,23,24). The fraction of sp³-hybridized carbons (Fsp3) is 0.190. The third-order valence-electron chi connectivity index (χ3n) is 4.09. The summed E-state index contributed by atoms with van der Waals surface area (Å²) in [5, 5.41) is 3.30. The van der Waals surface area contributed by atoms with E-state index in [1.165, 1.54) is 12.7 Å². The molecule has 6 heteroatoms. The summed E-state index contributed by atoms with van der Waals surface area (Å²) in [7, 11) is 3.18. The van der Waals surface area contributed by atoms with Crippen molar-refractivity contribution < 1.29 is 14.3 Å². The second kappa shape index (κ2) is 8.80. The van der Waals surface area contributed by atoms with Gasteiger partial charge in [-0.1, -0.05) is 30.3 Å². The molecule has 0 amide bonds. The lowest BCUT2D eigenvalue weighted by molar-refractivity contribution is 0.112. The number of benzene rings is 2. The van der Waals surface area contributed by atoms with Crippen molar-refractivity contribution in [3.63, 3.8) is 0 Å². The molecule has 1 heterocycles. The summed E-state index contributed by atoms with van der Waals surface area (Å²) >= 11 is 0. The van der Waals surface area contributed by atoms with Gasteiger partial charge in [0.15, 0.2) is 0 Å². The summed E-state index contributed by atoms with van der Waals surface area (Å²) in [4.78, 5) is 19.7. The maximum absolute atomic E-state index is 11.0. The van der Waals surface area contributed by atoms with Crippen molar-refractivity contribution in [3.8, 4) is 23.0 Å². The zero-order valence-electron chi connectivity index (χ0n) is 15.3. The molecule has 0 atom stereocenters. The number of nitrogens with one attached hydrogen (secondary N) is 1. The van der Waals surface area contributed by atoms with Gasteiger partial charge in [0, 0.05) is 23.7 Å². The molecule has 0 spiro atoms. The van der Waals surface area contributed by atoms with Crippen molar-refractivity contribution in [2.45, 2.75) is 6.42 Å². The number of methoxy groups -OCH3 is 2. The largest absolute Gasteiger partial charge is 0.497 e. The van der Waals surface area contributed by atoms with Crippen LogP contribution in [0.25, 0.3) is 11.3 Å². The first kappa shape index (κ1) is 18.4. The van der Waals surface area contributed by atoms with Crippen molar-refractivity contribution in [2.75, 3.05) is 26.1 Å². The van der Waals surface area contributed by atoms with Gasteiger partial charge in [0.25, 0.3) is 0 Å². The molecule has 0 fully saturated rings. The van der Waals surface area contributed by atoms with Crippen LogP contribution in [0.2, 0.25) is 0 Å². The van der Waals surface area contributed by atoms with Crippen LogP contribution in [0, 0.1) is 0 Å². The van der Waals surface area contributed by atoms with Gasteiger partial charge in [-0.25, -0.2) is 0 Å². The molecule has 0 aliphatic heterocycles. The first-order valence-corrected chi connectivity index (χ1v) is 8.57. The van der Waals surface area contributed by atoms with Gasteiger partial charge in [-0.2, -0.15) is 9.97 Å². The van der Waals surface area contributed by atoms with Crippen LogP contribution in [0.15, 0.2) is 54.6 Å². The lowest BCUT2D eigenvalue weighted by Gasteiger charge is -2.10. The van der Waals surface area contributed by atoms with E-state index < -0.39 is 0 Å². The molecule has 2 aromatic carbocycles. The average Bonchev–Trinajstić information content (AvgIpc) is 2.74. The van der Waals surface area contributed by atoms with Gasteiger partial charge < -0.3 is 14.8 Å². The zero-order valence-corrected chi connectivity index (χ0v) is 15.3. The molecule has 1 N–H and O–H groups in total. The monoisotopic (exact) mass is 363 g/mol. The molecule has 27 heavy (non-hydrogen) atoms. The predicted molar refractivity (Wildman–Crippen MR) is 105 cm³/mol. The van der Waals surface area contributed by atoms with Crippen LogP contribution < -0.4 is 14.8 Å². The Morgan fingerprint density at radius 3 is 2.52 bits per heavy atom. The molecule has 0 saturated heterocycles. The highest BCUT2D eigenvalue weighted by Crippen LogP contribution is 2.23. The molecule has 138 valence electrons. The SMILES string of the molecule is COc1ccc(CCNc2cc(-c3cccc(C=O)c3)nc(OC)n2)cc1. The summed E-state index contributed by atoms with van der Waals surface area (Å²) in [5.41, 5.74) is 3.32. The van der Waals surface area contributed by atoms with Crippen molar-refractivity contribution in [2.24, 2.45) is 0 Å². The van der Waals surface area contributed by atoms with E-state index in [2.05, 4.69) is 15.3 Å². The summed E-state index contributed by atoms with van der Waals surface area (Å²) in [5.74, 6) is 1.51. The van der Waals surface area contributed by atoms with Crippen LogP contribution in [0.5, 0.6) is 11.8 Å². The molecule has 3 rings (SSSR count). The van der Waals surface area contributed by atoms with E-state index in [0.717, 1.165) is 24.0 Å². The van der Waals surface area contributed by atoms with Gasteiger partial charge in [-0.05, 0) is 30.2 Å². The molecule has 0 bridgehead atoms. The van der Waals surface area contributed by atoms with Crippen molar-refractivity contribution in [3.05, 3.63) is 65.7 Å². The minimum absolute atomic E-state index is 0.274. The number of nitrogens with zero attached hydrogens (tertiary/aromatic N) is 2. The third kappa shape index (κ3) is 4.82. The highest BCUT2D eigenvalue weighted by Gasteiger charge is 2.08. The Labute approximate surface area is 158 Å². The van der Waals surface area contributed by atoms with Gasteiger partial charge in [-0.3, -0.25) is 4.79 Å². The van der Waals surface area contributed by atoms with Gasteiger partial charge >= 0.3 is 6.01 Å². The Hall–Kier alpha value is -3.41. The molecule has 0 unspecified atom stereocenters. The number of carbonyl (C=O) groups is 1. The van der Waals surface area contributed by atoms with Crippen molar-refractivity contribution in [1.82, 2.24) is 9.97 Å². The number of hydrogen-bond acceptors (Lipinski definition) is 6. The van der Waals surface area contributed by atoms with Crippen LogP contribution >= 0.6 is 0 Å². The number of rotatable bonds is 8. The van der Waals surface area contributed by atoms with E-state index in [0.29, 0.717) is 23.6 Å². The quantitative estimate of drug-likeness (QED) is 0.616. The fourth-order valence-electron chi connectivity index (χ4n) is 2.65. The lowest BCUT2D eigenvalue weighted by Crippen LogP contribution is -2.08. The van der Waals surface area contributed by atoms with E-state index in [4.69, 9.17) is 9.47 Å². The Bertz CT molecular complexity index is 911. The number of aromatic nitrogens is 2. The molecular weight excluding hydrogens is 342 g/mol. The zero-order chi connectivity index (χ0) is 19.1. The molecule has 3 aromatic rings. The number of carbonyl (C=O) groups excluding carboxylic acids is 1. The van der Waals surface area contributed by atoms with E-state index in [1.54, 1.807) is 19.2 Å². The highest BCUT2D eigenvalue weighted by molar-refractivity contribution is 5.78. The van der Waals surface area contributed by atoms with Crippen LogP contribution in [0.1, 0.15) is 15.9 Å². The van der Waals surface area contributed by atoms with Crippen LogP contribution in [-0.4, -0.2) is 37.0 Å². The van der Waals surface area contributed by atoms with Crippen LogP contribution in [0.4, 0.5) is 5.82 Å².